The Balaban J connectivity index is 1.40. The first kappa shape index (κ1) is 24.5. The normalized spacial score (nSPS) is 11.9. The summed E-state index contributed by atoms with van der Waals surface area (Å²) in [6.07, 6.45) is 4.00. The van der Waals surface area contributed by atoms with E-state index in [9.17, 15) is 28.3 Å². The van der Waals surface area contributed by atoms with Gasteiger partial charge in [-0.15, -0.1) is 10.2 Å². The number of carbonyl (C=O) groups excluding carboxylic acids is 1. The molecule has 38 heavy (non-hydrogen) atoms. The zero-order chi connectivity index (χ0) is 26.8. The van der Waals surface area contributed by atoms with Crippen LogP contribution in [0, 0.1) is 11.6 Å². The molecular formula is C25H18F2N6O5. The van der Waals surface area contributed by atoms with Crippen molar-refractivity contribution in [2.24, 2.45) is 0 Å². The van der Waals surface area contributed by atoms with Crippen LogP contribution in [0.1, 0.15) is 34.3 Å². The molecule has 0 radical (unpaired) electrons. The number of carboxylic acids is 1. The molecule has 4 heterocycles. The van der Waals surface area contributed by atoms with Crippen LogP contribution < -0.4 is 10.9 Å². The van der Waals surface area contributed by atoms with Crippen molar-refractivity contribution in [3.05, 3.63) is 100 Å². The number of H-pyrrole nitrogens is 1. The van der Waals surface area contributed by atoms with Gasteiger partial charge in [0.15, 0.2) is 11.6 Å². The third-order valence-corrected chi connectivity index (χ3v) is 5.71. The van der Waals surface area contributed by atoms with Gasteiger partial charge in [0.2, 0.25) is 11.8 Å². The fourth-order valence-corrected chi connectivity index (χ4v) is 3.90. The Morgan fingerprint density at radius 3 is 2.76 bits per heavy atom. The Labute approximate surface area is 211 Å². The molecule has 13 heteroatoms. The van der Waals surface area contributed by atoms with E-state index < -0.39 is 41.5 Å². The molecule has 0 fully saturated rings. The van der Waals surface area contributed by atoms with Crippen molar-refractivity contribution < 1.29 is 27.9 Å². The van der Waals surface area contributed by atoms with Crippen molar-refractivity contribution in [2.45, 2.75) is 19.0 Å². The number of pyridine rings is 2. The molecule has 1 aromatic carbocycles. The molecule has 0 saturated carbocycles. The lowest BCUT2D eigenvalue weighted by molar-refractivity contribution is -0.137. The summed E-state index contributed by atoms with van der Waals surface area (Å²) >= 11 is 0. The summed E-state index contributed by atoms with van der Waals surface area (Å²) < 4.78 is 33.6. The number of hydrogen-bond donors (Lipinski definition) is 3. The maximum absolute atomic E-state index is 13.6. The predicted molar refractivity (Wildman–Crippen MR) is 128 cm³/mol. The minimum absolute atomic E-state index is 0.0810. The number of nitrogens with one attached hydrogen (secondary N) is 2. The molecule has 5 rings (SSSR count). The quantitative estimate of drug-likeness (QED) is 0.282. The van der Waals surface area contributed by atoms with Crippen LogP contribution in [-0.2, 0) is 11.3 Å². The van der Waals surface area contributed by atoms with Crippen LogP contribution in [-0.4, -0.2) is 41.7 Å². The summed E-state index contributed by atoms with van der Waals surface area (Å²) in [5, 5.41) is 20.4. The molecule has 4 aromatic heterocycles. The van der Waals surface area contributed by atoms with Crippen LogP contribution in [0.5, 0.6) is 0 Å². The SMILES string of the molecule is O=C(O)C[C@@H](NC(=O)c1cccn(Cc2ccc(F)c(F)c2)c1=O)c1nnc(-c2c[nH]c3ncccc23)o1. The molecule has 3 N–H and O–H groups in total. The number of carbonyl (C=O) groups is 2. The number of hydrogen-bond acceptors (Lipinski definition) is 7. The molecular weight excluding hydrogens is 502 g/mol. The van der Waals surface area contributed by atoms with Crippen molar-refractivity contribution in [1.29, 1.82) is 0 Å². The van der Waals surface area contributed by atoms with Gasteiger partial charge in [0.25, 0.3) is 11.5 Å². The van der Waals surface area contributed by atoms with Crippen molar-refractivity contribution in [3.8, 4) is 11.5 Å². The van der Waals surface area contributed by atoms with Gasteiger partial charge in [0.05, 0.1) is 18.5 Å². The summed E-state index contributed by atoms with van der Waals surface area (Å²) in [5.74, 6) is -4.32. The Morgan fingerprint density at radius 1 is 1.13 bits per heavy atom. The number of carboxylic acid groups (broad SMARTS) is 1. The van der Waals surface area contributed by atoms with E-state index in [2.05, 4.69) is 25.5 Å². The molecule has 192 valence electrons. The van der Waals surface area contributed by atoms with Crippen LogP contribution in [0.3, 0.4) is 0 Å². The third-order valence-electron chi connectivity index (χ3n) is 5.71. The standard InChI is InChI=1S/C25H18F2N6O5/c26-17-6-5-13(9-18(17)27)12-33-8-2-4-15(25(33)37)22(36)30-19(10-20(34)35)24-32-31-23(38-24)16-11-29-21-14(16)3-1-7-28-21/h1-9,11,19H,10,12H2,(H,28,29)(H,30,36)(H,34,35)/t19-/m1/s1. The summed E-state index contributed by atoms with van der Waals surface area (Å²) in [6, 6.07) is 8.16. The number of nitrogens with zero attached hydrogens (tertiary/aromatic N) is 4. The van der Waals surface area contributed by atoms with E-state index in [1.54, 1.807) is 24.5 Å². The molecule has 1 atom stereocenters. The number of amides is 1. The topological polar surface area (TPSA) is 156 Å². The molecule has 0 aliphatic carbocycles. The number of aromatic amines is 1. The van der Waals surface area contributed by atoms with E-state index in [1.165, 1.54) is 24.4 Å². The molecule has 0 bridgehead atoms. The highest BCUT2D eigenvalue weighted by molar-refractivity contribution is 5.94. The highest BCUT2D eigenvalue weighted by Crippen LogP contribution is 2.28. The highest BCUT2D eigenvalue weighted by atomic mass is 19.2. The fourth-order valence-electron chi connectivity index (χ4n) is 3.90. The average molecular weight is 520 g/mol. The summed E-state index contributed by atoms with van der Waals surface area (Å²) in [4.78, 5) is 44.6. The van der Waals surface area contributed by atoms with Gasteiger partial charge in [-0.25, -0.2) is 13.8 Å². The fraction of sp³-hybridized carbons (Fsp3) is 0.120. The second-order valence-electron chi connectivity index (χ2n) is 8.27. The van der Waals surface area contributed by atoms with E-state index in [1.807, 2.05) is 0 Å². The Morgan fingerprint density at radius 2 is 1.97 bits per heavy atom. The lowest BCUT2D eigenvalue weighted by Gasteiger charge is -2.14. The molecule has 5 aromatic rings. The van der Waals surface area contributed by atoms with Crippen LogP contribution in [0.15, 0.2) is 70.3 Å². The minimum Gasteiger partial charge on any atom is -0.481 e. The van der Waals surface area contributed by atoms with Crippen molar-refractivity contribution >= 4 is 22.9 Å². The lowest BCUT2D eigenvalue weighted by Crippen LogP contribution is -2.36. The average Bonchev–Trinajstić information content (AvgIpc) is 3.54. The Bertz CT molecular complexity index is 1730. The molecule has 0 aliphatic heterocycles. The molecule has 1 amide bonds. The van der Waals surface area contributed by atoms with E-state index >= 15 is 0 Å². The van der Waals surface area contributed by atoms with Crippen molar-refractivity contribution in [2.75, 3.05) is 0 Å². The first-order valence-corrected chi connectivity index (χ1v) is 11.2. The number of halogens is 2. The zero-order valence-electron chi connectivity index (χ0n) is 19.4. The van der Waals surface area contributed by atoms with Crippen LogP contribution in [0.4, 0.5) is 8.78 Å². The van der Waals surface area contributed by atoms with Crippen LogP contribution in [0.2, 0.25) is 0 Å². The van der Waals surface area contributed by atoms with E-state index in [-0.39, 0.29) is 23.9 Å². The molecule has 0 spiro atoms. The van der Waals surface area contributed by atoms with Gasteiger partial charge < -0.3 is 24.4 Å². The smallest absolute Gasteiger partial charge is 0.305 e. The maximum atomic E-state index is 13.6. The van der Waals surface area contributed by atoms with Crippen molar-refractivity contribution in [1.82, 2.24) is 30.0 Å². The van der Waals surface area contributed by atoms with Crippen LogP contribution >= 0.6 is 0 Å². The Hall–Kier alpha value is -5.20. The van der Waals surface area contributed by atoms with Crippen molar-refractivity contribution in [3.63, 3.8) is 0 Å². The van der Waals surface area contributed by atoms with Gasteiger partial charge in [0.1, 0.15) is 17.3 Å². The van der Waals surface area contributed by atoms with Gasteiger partial charge >= 0.3 is 5.97 Å². The minimum atomic E-state index is -1.25. The second-order valence-corrected chi connectivity index (χ2v) is 8.27. The zero-order valence-corrected chi connectivity index (χ0v) is 19.4. The number of fused-ring (bicyclic) bond motifs is 1. The molecule has 11 nitrogen and oxygen atoms in total. The summed E-state index contributed by atoms with van der Waals surface area (Å²) in [7, 11) is 0. The number of aliphatic carboxylic acids is 1. The summed E-state index contributed by atoms with van der Waals surface area (Å²) in [6.45, 7) is -0.123. The van der Waals surface area contributed by atoms with Gasteiger partial charge in [-0.05, 0) is 42.0 Å². The van der Waals surface area contributed by atoms with E-state index in [4.69, 9.17) is 4.42 Å². The van der Waals surface area contributed by atoms with Gasteiger partial charge in [-0.3, -0.25) is 14.4 Å². The van der Waals surface area contributed by atoms with Crippen LogP contribution in [0.25, 0.3) is 22.5 Å². The second kappa shape index (κ2) is 10.0. The van der Waals surface area contributed by atoms with E-state index in [0.29, 0.717) is 22.2 Å². The Kier molecular flexibility index (Phi) is 6.47. The number of benzene rings is 1. The van der Waals surface area contributed by atoms with E-state index in [0.717, 1.165) is 16.7 Å². The molecule has 0 unspecified atom stereocenters. The van der Waals surface area contributed by atoms with Gasteiger partial charge in [0, 0.05) is 24.0 Å². The van der Waals surface area contributed by atoms with Gasteiger partial charge in [-0.2, -0.15) is 0 Å². The maximum Gasteiger partial charge on any atom is 0.305 e. The lowest BCUT2D eigenvalue weighted by atomic mass is 10.1. The predicted octanol–water partition coefficient (Wildman–Crippen LogP) is 3.05. The number of aromatic nitrogens is 5. The first-order chi connectivity index (χ1) is 18.3. The summed E-state index contributed by atoms with van der Waals surface area (Å²) in [5.41, 5.74) is 0.407. The first-order valence-electron chi connectivity index (χ1n) is 11.2. The van der Waals surface area contributed by atoms with Gasteiger partial charge in [-0.1, -0.05) is 6.07 Å². The number of rotatable bonds is 8. The largest absolute Gasteiger partial charge is 0.481 e. The monoisotopic (exact) mass is 520 g/mol. The third kappa shape index (κ3) is 4.89. The molecule has 0 saturated heterocycles. The highest BCUT2D eigenvalue weighted by Gasteiger charge is 2.26. The molecule has 0 aliphatic rings.